The lowest BCUT2D eigenvalue weighted by atomic mass is 9.96. The van der Waals surface area contributed by atoms with Crippen LogP contribution in [0.2, 0.25) is 0 Å². The summed E-state index contributed by atoms with van der Waals surface area (Å²) in [5.41, 5.74) is 0. The van der Waals surface area contributed by atoms with Crippen molar-refractivity contribution in [3.05, 3.63) is 0 Å². The molecule has 0 radical (unpaired) electrons. The molecule has 3 rings (SSSR count). The van der Waals surface area contributed by atoms with Crippen LogP contribution in [0.3, 0.4) is 0 Å². The summed E-state index contributed by atoms with van der Waals surface area (Å²) in [4.78, 5) is 144. The summed E-state index contributed by atoms with van der Waals surface area (Å²) in [6.07, 6.45) is -25.8. The molecule has 3 fully saturated rings. The monoisotopic (exact) mass is 1120 g/mol. The fraction of sp³-hybridized carbons (Fsp3) is 0.784. The van der Waals surface area contributed by atoms with Crippen LogP contribution in [0.5, 0.6) is 0 Å². The van der Waals surface area contributed by atoms with Gasteiger partial charge < -0.3 is 75.8 Å². The highest BCUT2D eigenvalue weighted by Gasteiger charge is 2.65. The third kappa shape index (κ3) is 18.8. The second-order valence-corrected chi connectivity index (χ2v) is 17.5. The molecule has 442 valence electrons. The van der Waals surface area contributed by atoms with Crippen molar-refractivity contribution in [3.8, 4) is 0 Å². The van der Waals surface area contributed by atoms with Crippen molar-refractivity contribution in [1.82, 2.24) is 0 Å². The standard InChI is InChI=1S/C51H76O27/c1-12-30(52)63-23-27-41(69-33(55)15-4)44(72-36(58)18-7)46(74-38(60)20-9)49(67-27)65-24-28-42(70-34(56)16-5)45(73-37(59)19-8)47(75-39(61)21-10)50(68-28)78-51(26-66-32(54)14-3)48(76-40(62)22-11)43(71-35(57)17-6)29(77-51)25-64-31(53)13-2/h27-29,41-50H,12-26H2,1-11H3/t27-,28-,29-,41+,42-,43-,44+,45+,46-,47-,48+,49+,50-,51+/m1/s1. The van der Waals surface area contributed by atoms with Gasteiger partial charge in [0, 0.05) is 70.6 Å². The van der Waals surface area contributed by atoms with Crippen molar-refractivity contribution in [2.24, 2.45) is 0 Å². The van der Waals surface area contributed by atoms with Crippen LogP contribution in [-0.4, -0.2) is 178 Å². The second-order valence-electron chi connectivity index (χ2n) is 17.5. The summed E-state index contributed by atoms with van der Waals surface area (Å²) in [6.45, 7) is 12.9. The smallest absolute Gasteiger partial charge is 0.306 e. The van der Waals surface area contributed by atoms with Crippen LogP contribution in [0.25, 0.3) is 0 Å². The lowest BCUT2D eigenvalue weighted by Gasteiger charge is -2.48. The van der Waals surface area contributed by atoms with Gasteiger partial charge in [-0.15, -0.1) is 0 Å². The molecule has 0 aromatic heterocycles. The summed E-state index contributed by atoms with van der Waals surface area (Å²) in [6, 6.07) is 0. The van der Waals surface area contributed by atoms with E-state index in [1.807, 2.05) is 0 Å². The lowest BCUT2D eigenvalue weighted by molar-refractivity contribution is -0.388. The van der Waals surface area contributed by atoms with Gasteiger partial charge in [0.25, 0.3) is 0 Å². The van der Waals surface area contributed by atoms with Crippen molar-refractivity contribution in [3.63, 3.8) is 0 Å². The minimum Gasteiger partial charge on any atom is -0.463 e. The molecule has 0 saturated carbocycles. The minimum atomic E-state index is -2.67. The first-order valence-corrected chi connectivity index (χ1v) is 26.5. The summed E-state index contributed by atoms with van der Waals surface area (Å²) in [5.74, 6) is -12.2. The first-order valence-electron chi connectivity index (χ1n) is 26.5. The maximum atomic E-state index is 13.5. The molecule has 78 heavy (non-hydrogen) atoms. The van der Waals surface area contributed by atoms with Gasteiger partial charge in [0.15, 0.2) is 55.1 Å². The van der Waals surface area contributed by atoms with E-state index in [1.54, 1.807) is 0 Å². The van der Waals surface area contributed by atoms with E-state index in [1.165, 1.54) is 76.2 Å². The zero-order valence-electron chi connectivity index (χ0n) is 46.1. The maximum Gasteiger partial charge on any atom is 0.306 e. The summed E-state index contributed by atoms with van der Waals surface area (Å²) < 4.78 is 95.3. The van der Waals surface area contributed by atoms with Crippen LogP contribution in [0.1, 0.15) is 147 Å². The van der Waals surface area contributed by atoms with Crippen LogP contribution >= 0.6 is 0 Å². The molecule has 0 aromatic carbocycles. The fourth-order valence-electron chi connectivity index (χ4n) is 7.66. The van der Waals surface area contributed by atoms with E-state index in [4.69, 9.17) is 75.8 Å². The van der Waals surface area contributed by atoms with Gasteiger partial charge in [-0.3, -0.25) is 52.7 Å². The van der Waals surface area contributed by atoms with Gasteiger partial charge in [-0.1, -0.05) is 76.2 Å². The lowest BCUT2D eigenvalue weighted by Crippen LogP contribution is -2.66. The molecule has 0 spiro atoms. The summed E-state index contributed by atoms with van der Waals surface area (Å²) in [7, 11) is 0. The van der Waals surface area contributed by atoms with Gasteiger partial charge in [-0.05, 0) is 0 Å². The van der Waals surface area contributed by atoms with Crippen molar-refractivity contribution in [2.75, 3.05) is 26.4 Å². The largest absolute Gasteiger partial charge is 0.463 e. The van der Waals surface area contributed by atoms with Crippen LogP contribution in [0, 0.1) is 0 Å². The normalized spacial score (nSPS) is 28.4. The Balaban J connectivity index is 2.42. The molecular formula is C51H76O27. The number of rotatable bonds is 30. The number of hydrogen-bond acceptors (Lipinski definition) is 27. The Bertz CT molecular complexity index is 2060. The highest BCUT2D eigenvalue weighted by Crippen LogP contribution is 2.42. The SMILES string of the molecule is CCC(=O)OC[C@H]1O[C@H](OC[C@H]2O[C@H](O[C@]3(COC(=O)CC)O[C@H](COC(=O)CC)[C@@H](OC(=O)CC)[C@@H]3OC(=O)CC)[C@H](OC(=O)CC)[C@@H](OC(=O)CC)[C@@H]2OC(=O)CC)[C@H](OC(=O)CC)[C@@H](OC(=O)CC)[C@H]1OC(=O)CC. The average Bonchev–Trinajstić information content (AvgIpc) is 3.83. The number of esters is 11. The zero-order valence-corrected chi connectivity index (χ0v) is 46.1. The average molecular weight is 1120 g/mol. The molecule has 3 saturated heterocycles. The number of ether oxygens (including phenoxy) is 16. The predicted molar refractivity (Wildman–Crippen MR) is 257 cm³/mol. The molecule has 0 unspecified atom stereocenters. The molecule has 3 aliphatic rings. The number of carbonyl (C=O) groups excluding carboxylic acids is 11. The summed E-state index contributed by atoms with van der Waals surface area (Å²) in [5, 5.41) is 0. The van der Waals surface area contributed by atoms with Gasteiger partial charge in [0.1, 0.15) is 38.1 Å². The minimum absolute atomic E-state index is 0.0951. The van der Waals surface area contributed by atoms with Gasteiger partial charge >= 0.3 is 65.7 Å². The van der Waals surface area contributed by atoms with Crippen LogP contribution in [-0.2, 0) is 129 Å². The molecule has 3 aliphatic heterocycles. The molecule has 27 nitrogen and oxygen atoms in total. The topological polar surface area (TPSA) is 335 Å². The third-order valence-corrected chi connectivity index (χ3v) is 11.9. The van der Waals surface area contributed by atoms with E-state index in [-0.39, 0.29) is 70.6 Å². The zero-order chi connectivity index (χ0) is 58.3. The van der Waals surface area contributed by atoms with Crippen LogP contribution in [0.4, 0.5) is 0 Å². The molecule has 0 bridgehead atoms. The third-order valence-electron chi connectivity index (χ3n) is 11.9. The van der Waals surface area contributed by atoms with Crippen molar-refractivity contribution in [2.45, 2.75) is 232 Å². The quantitative estimate of drug-likeness (QED) is 0.0737. The Morgan fingerprint density at radius 2 is 0.628 bits per heavy atom. The molecule has 0 aromatic rings. The molecule has 0 aliphatic carbocycles. The highest BCUT2D eigenvalue weighted by molar-refractivity contribution is 5.74. The van der Waals surface area contributed by atoms with Gasteiger partial charge in [0.2, 0.25) is 12.1 Å². The predicted octanol–water partition coefficient (Wildman–Crippen LogP) is 3.00. The van der Waals surface area contributed by atoms with E-state index in [0.29, 0.717) is 0 Å². The Hall–Kier alpha value is -6.03. The highest BCUT2D eigenvalue weighted by atomic mass is 16.8. The second kappa shape index (κ2) is 32.8. The number of carbonyl (C=O) groups is 11. The van der Waals surface area contributed by atoms with Crippen LogP contribution in [0.15, 0.2) is 0 Å². The van der Waals surface area contributed by atoms with Gasteiger partial charge in [-0.2, -0.15) is 0 Å². The Kier molecular flexibility index (Phi) is 27.8. The van der Waals surface area contributed by atoms with Crippen molar-refractivity contribution < 1.29 is 129 Å². The first kappa shape index (κ1) is 66.3. The number of hydrogen-bond donors (Lipinski definition) is 0. The molecule has 0 N–H and O–H groups in total. The van der Waals surface area contributed by atoms with Crippen molar-refractivity contribution in [1.29, 1.82) is 0 Å². The van der Waals surface area contributed by atoms with Gasteiger partial charge in [0.05, 0.1) is 6.61 Å². The maximum absolute atomic E-state index is 13.5. The molecule has 14 atom stereocenters. The molecule has 3 heterocycles. The molecular weight excluding hydrogens is 1040 g/mol. The van der Waals surface area contributed by atoms with E-state index in [0.717, 1.165) is 0 Å². The Labute approximate surface area is 452 Å². The Morgan fingerprint density at radius 3 is 1.04 bits per heavy atom. The fourth-order valence-corrected chi connectivity index (χ4v) is 7.66. The molecule has 0 amide bonds. The van der Waals surface area contributed by atoms with E-state index in [2.05, 4.69) is 0 Å². The first-order chi connectivity index (χ1) is 37.1. The van der Waals surface area contributed by atoms with Crippen molar-refractivity contribution >= 4 is 65.7 Å². The van der Waals surface area contributed by atoms with Crippen LogP contribution < -0.4 is 0 Å². The van der Waals surface area contributed by atoms with E-state index in [9.17, 15) is 52.7 Å². The van der Waals surface area contributed by atoms with E-state index < -0.39 is 178 Å². The van der Waals surface area contributed by atoms with Gasteiger partial charge in [-0.25, -0.2) is 0 Å². The Morgan fingerprint density at radius 1 is 0.321 bits per heavy atom. The summed E-state index contributed by atoms with van der Waals surface area (Å²) >= 11 is 0. The van der Waals surface area contributed by atoms with E-state index >= 15 is 0 Å². The molecule has 27 heteroatoms.